The lowest BCUT2D eigenvalue weighted by atomic mass is 9.97. The van der Waals surface area contributed by atoms with E-state index in [-0.39, 0.29) is 18.4 Å². The Bertz CT molecular complexity index is 787. The third-order valence-corrected chi connectivity index (χ3v) is 4.81. The van der Waals surface area contributed by atoms with Crippen LogP contribution in [-0.4, -0.2) is 24.3 Å². The summed E-state index contributed by atoms with van der Waals surface area (Å²) in [6.07, 6.45) is -0.131. The minimum atomic E-state index is -0.832. The van der Waals surface area contributed by atoms with Crippen LogP contribution in [0.4, 0.5) is 0 Å². The second-order valence-electron chi connectivity index (χ2n) is 5.91. The highest BCUT2D eigenvalue weighted by atomic mass is 79.9. The number of aliphatic carboxylic acids is 1. The van der Waals surface area contributed by atoms with E-state index in [2.05, 4.69) is 15.9 Å². The van der Waals surface area contributed by atoms with Crippen LogP contribution in [0.5, 0.6) is 17.2 Å². The molecule has 0 saturated heterocycles. The second-order valence-corrected chi connectivity index (χ2v) is 6.83. The first-order chi connectivity index (χ1) is 11.6. The van der Waals surface area contributed by atoms with Crippen molar-refractivity contribution in [1.82, 2.24) is 0 Å². The molecule has 2 atom stereocenters. The number of ether oxygens (including phenoxy) is 3. The standard InChI is InChI=1S/C18H15BrO5/c19-12-3-1-10(2-4-12)17-9-23-15-6-13-11(5-18(20)21)8-22-14(13)7-16(15)24-17/h1-4,6-7,11,17H,5,8-9H2,(H,20,21)/t11-,17?/m1/s1. The van der Waals surface area contributed by atoms with Gasteiger partial charge >= 0.3 is 5.97 Å². The van der Waals surface area contributed by atoms with Crippen molar-refractivity contribution in [3.63, 3.8) is 0 Å². The van der Waals surface area contributed by atoms with Crippen molar-refractivity contribution in [3.8, 4) is 17.2 Å². The number of benzene rings is 2. The van der Waals surface area contributed by atoms with Crippen LogP contribution in [0.15, 0.2) is 40.9 Å². The van der Waals surface area contributed by atoms with Crippen molar-refractivity contribution in [3.05, 3.63) is 52.0 Å². The fourth-order valence-corrected chi connectivity index (χ4v) is 3.32. The number of hydrogen-bond donors (Lipinski definition) is 1. The predicted octanol–water partition coefficient (Wildman–Crippen LogP) is 3.91. The number of halogens is 1. The highest BCUT2D eigenvalue weighted by Crippen LogP contribution is 2.46. The minimum Gasteiger partial charge on any atom is -0.492 e. The van der Waals surface area contributed by atoms with E-state index in [4.69, 9.17) is 19.3 Å². The average molecular weight is 391 g/mol. The lowest BCUT2D eigenvalue weighted by Gasteiger charge is -2.27. The number of hydrogen-bond acceptors (Lipinski definition) is 4. The number of fused-ring (bicyclic) bond motifs is 2. The van der Waals surface area contributed by atoms with Crippen molar-refractivity contribution in [1.29, 1.82) is 0 Å². The van der Waals surface area contributed by atoms with Gasteiger partial charge in [0.15, 0.2) is 17.6 Å². The SMILES string of the molecule is O=C(O)C[C@@H]1COc2cc3c(cc21)OCC(c1ccc(Br)cc1)O3. The van der Waals surface area contributed by atoms with Crippen LogP contribution in [0.3, 0.4) is 0 Å². The molecular weight excluding hydrogens is 376 g/mol. The summed E-state index contributed by atoms with van der Waals surface area (Å²) in [4.78, 5) is 11.0. The third kappa shape index (κ3) is 2.82. The van der Waals surface area contributed by atoms with Gasteiger partial charge in [0.2, 0.25) is 0 Å². The van der Waals surface area contributed by atoms with Crippen molar-refractivity contribution in [2.24, 2.45) is 0 Å². The van der Waals surface area contributed by atoms with E-state index in [0.717, 1.165) is 15.6 Å². The molecule has 2 aromatic rings. The monoisotopic (exact) mass is 390 g/mol. The quantitative estimate of drug-likeness (QED) is 0.860. The second kappa shape index (κ2) is 6.02. The van der Waals surface area contributed by atoms with E-state index >= 15 is 0 Å². The molecule has 0 radical (unpaired) electrons. The highest BCUT2D eigenvalue weighted by Gasteiger charge is 2.31. The Morgan fingerprint density at radius 1 is 1.08 bits per heavy atom. The number of rotatable bonds is 3. The zero-order valence-electron chi connectivity index (χ0n) is 12.7. The van der Waals surface area contributed by atoms with Gasteiger partial charge in [-0.05, 0) is 23.8 Å². The largest absolute Gasteiger partial charge is 0.492 e. The Kier molecular flexibility index (Phi) is 3.84. The molecule has 2 aliphatic rings. The molecule has 0 saturated carbocycles. The van der Waals surface area contributed by atoms with Gasteiger partial charge in [0, 0.05) is 22.0 Å². The van der Waals surface area contributed by atoms with Crippen LogP contribution in [0.1, 0.15) is 29.6 Å². The molecule has 24 heavy (non-hydrogen) atoms. The third-order valence-electron chi connectivity index (χ3n) is 4.28. The Balaban J connectivity index is 1.59. The maximum atomic E-state index is 11.0. The molecule has 0 bridgehead atoms. The maximum absolute atomic E-state index is 11.0. The molecule has 0 fully saturated rings. The minimum absolute atomic E-state index is 0.0498. The molecule has 1 N–H and O–H groups in total. The zero-order valence-corrected chi connectivity index (χ0v) is 14.3. The molecule has 2 aromatic carbocycles. The summed E-state index contributed by atoms with van der Waals surface area (Å²) in [7, 11) is 0. The van der Waals surface area contributed by atoms with Crippen LogP contribution < -0.4 is 14.2 Å². The zero-order chi connectivity index (χ0) is 16.7. The van der Waals surface area contributed by atoms with Gasteiger partial charge in [0.05, 0.1) is 13.0 Å². The first-order valence-electron chi connectivity index (χ1n) is 7.67. The van der Waals surface area contributed by atoms with Gasteiger partial charge in [-0.3, -0.25) is 4.79 Å². The Morgan fingerprint density at radius 3 is 2.58 bits per heavy atom. The topological polar surface area (TPSA) is 65.0 Å². The van der Waals surface area contributed by atoms with Gasteiger partial charge in [0.1, 0.15) is 12.4 Å². The summed E-state index contributed by atoms with van der Waals surface area (Å²) >= 11 is 3.42. The van der Waals surface area contributed by atoms with Crippen molar-refractivity contribution < 1.29 is 24.1 Å². The van der Waals surface area contributed by atoms with E-state index < -0.39 is 5.97 Å². The van der Waals surface area contributed by atoms with Crippen LogP contribution >= 0.6 is 15.9 Å². The summed E-state index contributed by atoms with van der Waals surface area (Å²) in [5, 5.41) is 9.00. The van der Waals surface area contributed by atoms with Gasteiger partial charge in [-0.25, -0.2) is 0 Å². The van der Waals surface area contributed by atoms with Crippen LogP contribution in [0, 0.1) is 0 Å². The number of carboxylic acids is 1. The smallest absolute Gasteiger partial charge is 0.304 e. The Morgan fingerprint density at radius 2 is 1.83 bits per heavy atom. The van der Waals surface area contributed by atoms with Gasteiger partial charge < -0.3 is 19.3 Å². The normalized spacial score (nSPS) is 21.0. The van der Waals surface area contributed by atoms with E-state index in [1.165, 1.54) is 0 Å². The number of carbonyl (C=O) groups is 1. The predicted molar refractivity (Wildman–Crippen MR) is 89.9 cm³/mol. The van der Waals surface area contributed by atoms with Crippen LogP contribution in [0.25, 0.3) is 0 Å². The Hall–Kier alpha value is -2.21. The molecule has 6 heteroatoms. The molecule has 2 heterocycles. The molecule has 2 aliphatic heterocycles. The summed E-state index contributed by atoms with van der Waals surface area (Å²) < 4.78 is 18.6. The fourth-order valence-electron chi connectivity index (χ4n) is 3.06. The fraction of sp³-hybridized carbons (Fsp3) is 0.278. The lowest BCUT2D eigenvalue weighted by molar-refractivity contribution is -0.137. The molecule has 0 aliphatic carbocycles. The number of carboxylic acid groups (broad SMARTS) is 1. The summed E-state index contributed by atoms with van der Waals surface area (Å²) in [6.45, 7) is 0.790. The molecular formula is C18H15BrO5. The van der Waals surface area contributed by atoms with Crippen molar-refractivity contribution in [2.75, 3.05) is 13.2 Å². The van der Waals surface area contributed by atoms with Crippen molar-refractivity contribution >= 4 is 21.9 Å². The van der Waals surface area contributed by atoms with E-state index in [1.807, 2.05) is 30.3 Å². The Labute approximate surface area is 147 Å². The molecule has 124 valence electrons. The van der Waals surface area contributed by atoms with Gasteiger partial charge in [0.25, 0.3) is 0 Å². The molecule has 5 nitrogen and oxygen atoms in total. The van der Waals surface area contributed by atoms with Gasteiger partial charge in [-0.1, -0.05) is 28.1 Å². The summed E-state index contributed by atoms with van der Waals surface area (Å²) in [5.74, 6) is 0.976. The van der Waals surface area contributed by atoms with Gasteiger partial charge in [-0.15, -0.1) is 0 Å². The molecule has 0 aromatic heterocycles. The molecule has 0 amide bonds. The van der Waals surface area contributed by atoms with E-state index in [0.29, 0.717) is 30.5 Å². The van der Waals surface area contributed by atoms with E-state index in [9.17, 15) is 4.79 Å². The molecule has 0 spiro atoms. The lowest BCUT2D eigenvalue weighted by Crippen LogP contribution is -2.21. The highest BCUT2D eigenvalue weighted by molar-refractivity contribution is 9.10. The maximum Gasteiger partial charge on any atom is 0.304 e. The first kappa shape index (κ1) is 15.3. The van der Waals surface area contributed by atoms with Crippen LogP contribution in [-0.2, 0) is 4.79 Å². The molecule has 1 unspecified atom stereocenters. The average Bonchev–Trinajstić information content (AvgIpc) is 2.94. The first-order valence-corrected chi connectivity index (χ1v) is 8.47. The van der Waals surface area contributed by atoms with Crippen molar-refractivity contribution in [2.45, 2.75) is 18.4 Å². The van der Waals surface area contributed by atoms with E-state index in [1.54, 1.807) is 6.07 Å². The van der Waals surface area contributed by atoms with Gasteiger partial charge in [-0.2, -0.15) is 0 Å². The van der Waals surface area contributed by atoms with Crippen LogP contribution in [0.2, 0.25) is 0 Å². The summed E-state index contributed by atoms with van der Waals surface area (Å²) in [6, 6.07) is 11.6. The summed E-state index contributed by atoms with van der Waals surface area (Å²) in [5.41, 5.74) is 1.91. The molecule has 4 rings (SSSR count).